The zero-order valence-corrected chi connectivity index (χ0v) is 21.8. The molecule has 0 fully saturated rings. The van der Waals surface area contributed by atoms with E-state index in [2.05, 4.69) is 31.9 Å². The minimum absolute atomic E-state index is 0.143. The van der Waals surface area contributed by atoms with Crippen LogP contribution in [-0.4, -0.2) is 24.0 Å². The van der Waals surface area contributed by atoms with Gasteiger partial charge < -0.3 is 19.8 Å². The molecule has 4 rings (SSSR count). The van der Waals surface area contributed by atoms with Crippen molar-refractivity contribution in [1.29, 1.82) is 0 Å². The molecule has 3 aromatic carbocycles. The summed E-state index contributed by atoms with van der Waals surface area (Å²) >= 11 is 8.67. The molecule has 0 aliphatic heterocycles. The second-order valence-electron chi connectivity index (χ2n) is 7.80. The minimum Gasteiger partial charge on any atom is -0.496 e. The predicted octanol–water partition coefficient (Wildman–Crippen LogP) is 6.29. The van der Waals surface area contributed by atoms with E-state index in [9.17, 15) is 9.59 Å². The van der Waals surface area contributed by atoms with E-state index >= 15 is 0 Å². The third-order valence-corrected chi connectivity index (χ3v) is 5.92. The van der Waals surface area contributed by atoms with Crippen molar-refractivity contribution in [3.63, 3.8) is 0 Å². The molecule has 1 heterocycles. The van der Waals surface area contributed by atoms with Crippen LogP contribution in [0.15, 0.2) is 81.7 Å². The van der Waals surface area contributed by atoms with E-state index in [1.807, 2.05) is 49.4 Å². The summed E-state index contributed by atoms with van der Waals surface area (Å²) in [5.74, 6) is 0.147. The van der Waals surface area contributed by atoms with Gasteiger partial charge in [0.1, 0.15) is 11.3 Å². The fraction of sp³-hybridized carbons (Fsp3) is 0.0741. The topological polar surface area (TPSA) is 92.6 Å². The summed E-state index contributed by atoms with van der Waals surface area (Å²) in [5, 5.41) is 9.45. The Morgan fingerprint density at radius 3 is 2.58 bits per heavy atom. The number of halogens is 1. The van der Waals surface area contributed by atoms with E-state index in [1.54, 1.807) is 37.5 Å². The number of ether oxygens (including phenoxy) is 1. The van der Waals surface area contributed by atoms with Gasteiger partial charge in [-0.3, -0.25) is 14.9 Å². The lowest BCUT2D eigenvalue weighted by Crippen LogP contribution is -2.32. The lowest BCUT2D eigenvalue weighted by Gasteiger charge is -2.12. The van der Waals surface area contributed by atoms with Crippen LogP contribution in [-0.2, 0) is 4.79 Å². The predicted molar refractivity (Wildman–Crippen MR) is 149 cm³/mol. The highest BCUT2D eigenvalue weighted by Gasteiger charge is 2.14. The molecule has 2 amide bonds. The number of rotatable bonds is 6. The molecule has 36 heavy (non-hydrogen) atoms. The minimum atomic E-state index is -0.388. The number of benzene rings is 3. The summed E-state index contributed by atoms with van der Waals surface area (Å²) in [5.41, 5.74) is 3.50. The van der Waals surface area contributed by atoms with Crippen molar-refractivity contribution >= 4 is 73.5 Å². The van der Waals surface area contributed by atoms with Gasteiger partial charge in [-0.25, -0.2) is 0 Å². The molecule has 0 atom stereocenters. The first kappa shape index (κ1) is 25.2. The van der Waals surface area contributed by atoms with Gasteiger partial charge in [0.05, 0.1) is 7.11 Å². The zero-order chi connectivity index (χ0) is 25.7. The molecule has 0 aliphatic rings. The Morgan fingerprint density at radius 2 is 1.83 bits per heavy atom. The Bertz CT molecular complexity index is 1460. The third-order valence-electron chi connectivity index (χ3n) is 5.22. The standard InChI is InChI=1S/C27H22BrN3O4S/c1-16-13-20(9-10-21(16)30-26(33)24-15-17-5-3-4-6-23(17)35-24)29-27(36)31-25(32)12-7-18-14-19(28)8-11-22(18)34-2/h3-15H,1-2H3,(H,30,33)(H2,29,31,32,36)/b12-7+. The molecule has 4 aromatic rings. The van der Waals surface area contributed by atoms with Crippen LogP contribution in [0.5, 0.6) is 5.75 Å². The van der Waals surface area contributed by atoms with Gasteiger partial charge >= 0.3 is 0 Å². The average Bonchev–Trinajstić information content (AvgIpc) is 3.29. The fourth-order valence-corrected chi connectivity index (χ4v) is 4.07. The first-order valence-electron chi connectivity index (χ1n) is 10.9. The second-order valence-corrected chi connectivity index (χ2v) is 9.12. The maximum Gasteiger partial charge on any atom is 0.291 e. The quantitative estimate of drug-likeness (QED) is 0.188. The number of fused-ring (bicyclic) bond motifs is 1. The molecule has 9 heteroatoms. The van der Waals surface area contributed by atoms with Gasteiger partial charge in [0.25, 0.3) is 5.91 Å². The molecule has 0 bridgehead atoms. The highest BCUT2D eigenvalue weighted by atomic mass is 79.9. The summed E-state index contributed by atoms with van der Waals surface area (Å²) in [6.07, 6.45) is 3.02. The van der Waals surface area contributed by atoms with Gasteiger partial charge in [-0.05, 0) is 79.3 Å². The Kier molecular flexibility index (Phi) is 7.82. The number of anilines is 2. The number of amides is 2. The maximum absolute atomic E-state index is 12.6. The number of aryl methyl sites for hydroxylation is 1. The monoisotopic (exact) mass is 563 g/mol. The van der Waals surface area contributed by atoms with Gasteiger partial charge in [0, 0.05) is 32.9 Å². The Morgan fingerprint density at radius 1 is 1.03 bits per heavy atom. The lowest BCUT2D eigenvalue weighted by atomic mass is 10.1. The van der Waals surface area contributed by atoms with Crippen LogP contribution in [0.3, 0.4) is 0 Å². The highest BCUT2D eigenvalue weighted by Crippen LogP contribution is 2.25. The molecule has 7 nitrogen and oxygen atoms in total. The van der Waals surface area contributed by atoms with Gasteiger partial charge in [-0.15, -0.1) is 0 Å². The number of carbonyl (C=O) groups is 2. The number of nitrogens with one attached hydrogen (secondary N) is 3. The average molecular weight is 564 g/mol. The summed E-state index contributed by atoms with van der Waals surface area (Å²) in [7, 11) is 1.57. The third kappa shape index (κ3) is 6.18. The van der Waals surface area contributed by atoms with Crippen LogP contribution in [0.1, 0.15) is 21.7 Å². The van der Waals surface area contributed by atoms with E-state index in [-0.39, 0.29) is 22.7 Å². The number of carbonyl (C=O) groups excluding carboxylic acids is 2. The number of hydrogen-bond donors (Lipinski definition) is 3. The van der Waals surface area contributed by atoms with Gasteiger partial charge in [-0.2, -0.15) is 0 Å². The fourth-order valence-electron chi connectivity index (χ4n) is 3.48. The van der Waals surface area contributed by atoms with E-state index in [0.29, 0.717) is 22.7 Å². The van der Waals surface area contributed by atoms with Crippen LogP contribution in [0, 0.1) is 6.92 Å². The molecule has 0 saturated heterocycles. The highest BCUT2D eigenvalue weighted by molar-refractivity contribution is 9.10. The molecule has 182 valence electrons. The SMILES string of the molecule is COc1ccc(Br)cc1/C=C/C(=O)NC(=S)Nc1ccc(NC(=O)c2cc3ccccc3o2)c(C)c1. The molecule has 0 unspecified atom stereocenters. The van der Waals surface area contributed by atoms with Crippen LogP contribution in [0.25, 0.3) is 17.0 Å². The van der Waals surface area contributed by atoms with Crippen molar-refractivity contribution in [2.45, 2.75) is 6.92 Å². The number of furan rings is 1. The zero-order valence-electron chi connectivity index (χ0n) is 19.4. The van der Waals surface area contributed by atoms with Crippen molar-refractivity contribution in [2.24, 2.45) is 0 Å². The summed E-state index contributed by atoms with van der Waals surface area (Å²) < 4.78 is 11.8. The Labute approximate surface area is 221 Å². The van der Waals surface area contributed by atoms with E-state index in [1.165, 1.54) is 6.08 Å². The van der Waals surface area contributed by atoms with Crippen LogP contribution >= 0.6 is 28.1 Å². The van der Waals surface area contributed by atoms with Crippen molar-refractivity contribution < 1.29 is 18.7 Å². The number of hydrogen-bond acceptors (Lipinski definition) is 5. The Hall–Kier alpha value is -3.95. The lowest BCUT2D eigenvalue weighted by molar-refractivity contribution is -0.115. The first-order valence-corrected chi connectivity index (χ1v) is 12.1. The van der Waals surface area contributed by atoms with Gasteiger partial charge in [-0.1, -0.05) is 34.1 Å². The molecular formula is C27H22BrN3O4S. The van der Waals surface area contributed by atoms with E-state index in [4.69, 9.17) is 21.4 Å². The molecule has 1 aromatic heterocycles. The van der Waals surface area contributed by atoms with E-state index in [0.717, 1.165) is 21.0 Å². The molecule has 0 radical (unpaired) electrons. The van der Waals surface area contributed by atoms with E-state index < -0.39 is 0 Å². The molecule has 0 saturated carbocycles. The number of para-hydroxylation sites is 1. The Balaban J connectivity index is 1.35. The smallest absolute Gasteiger partial charge is 0.291 e. The molecule has 0 aliphatic carbocycles. The summed E-state index contributed by atoms with van der Waals surface area (Å²) in [4.78, 5) is 24.9. The first-order chi connectivity index (χ1) is 17.3. The second kappa shape index (κ2) is 11.2. The van der Waals surface area contributed by atoms with Gasteiger partial charge in [0.15, 0.2) is 10.9 Å². The largest absolute Gasteiger partial charge is 0.496 e. The van der Waals surface area contributed by atoms with Crippen LogP contribution < -0.4 is 20.7 Å². The van der Waals surface area contributed by atoms with Crippen molar-refractivity contribution in [1.82, 2.24) is 5.32 Å². The van der Waals surface area contributed by atoms with Crippen molar-refractivity contribution in [3.05, 3.63) is 94.2 Å². The van der Waals surface area contributed by atoms with Gasteiger partial charge in [0.2, 0.25) is 5.91 Å². The molecule has 3 N–H and O–H groups in total. The molecular weight excluding hydrogens is 542 g/mol. The van der Waals surface area contributed by atoms with Crippen LogP contribution in [0.4, 0.5) is 11.4 Å². The van der Waals surface area contributed by atoms with Crippen molar-refractivity contribution in [2.75, 3.05) is 17.7 Å². The maximum atomic E-state index is 12.6. The van der Waals surface area contributed by atoms with Crippen LogP contribution in [0.2, 0.25) is 0 Å². The summed E-state index contributed by atoms with van der Waals surface area (Å²) in [6.45, 7) is 1.86. The number of methoxy groups -OCH3 is 1. The van der Waals surface area contributed by atoms with Crippen molar-refractivity contribution in [3.8, 4) is 5.75 Å². The number of thiocarbonyl (C=S) groups is 1. The molecule has 0 spiro atoms. The summed E-state index contributed by atoms with van der Waals surface area (Å²) in [6, 6.07) is 20.0. The normalized spacial score (nSPS) is 10.9.